The molecule has 0 aromatic carbocycles. The summed E-state index contributed by atoms with van der Waals surface area (Å²) in [6, 6.07) is 0. The number of carbonyl (C=O) groups excluding carboxylic acids is 2. The van der Waals surface area contributed by atoms with Crippen LogP contribution in [0, 0.1) is 5.41 Å². The Bertz CT molecular complexity index is 411. The summed E-state index contributed by atoms with van der Waals surface area (Å²) in [6.45, 7) is 18.3. The molecule has 0 spiro atoms. The Labute approximate surface area is 128 Å². The zero-order chi connectivity index (χ0) is 17.1. The second-order valence-corrected chi connectivity index (χ2v) is 7.62. The summed E-state index contributed by atoms with van der Waals surface area (Å²) in [7, 11) is 0. The van der Waals surface area contributed by atoms with Crippen molar-refractivity contribution in [1.82, 2.24) is 0 Å². The van der Waals surface area contributed by atoms with E-state index >= 15 is 0 Å². The van der Waals surface area contributed by atoms with E-state index in [2.05, 4.69) is 6.58 Å². The Morgan fingerprint density at radius 1 is 1.00 bits per heavy atom. The second-order valence-electron chi connectivity index (χ2n) is 7.62. The lowest BCUT2D eigenvalue weighted by molar-refractivity contribution is -0.158. The van der Waals surface area contributed by atoms with Crippen molar-refractivity contribution in [1.29, 1.82) is 0 Å². The van der Waals surface area contributed by atoms with Gasteiger partial charge >= 0.3 is 5.97 Å². The lowest BCUT2D eigenvalue weighted by Crippen LogP contribution is -2.43. The smallest absolute Gasteiger partial charge is 0.333 e. The lowest BCUT2D eigenvalue weighted by atomic mass is 9.82. The molecule has 0 aliphatic heterocycles. The fourth-order valence-electron chi connectivity index (χ4n) is 1.91. The number of rotatable bonds is 7. The van der Waals surface area contributed by atoms with Crippen LogP contribution in [0.1, 0.15) is 61.8 Å². The van der Waals surface area contributed by atoms with Crippen molar-refractivity contribution < 1.29 is 19.1 Å². The highest BCUT2D eigenvalue weighted by atomic mass is 16.6. The fraction of sp³-hybridized carbons (Fsp3) is 0.765. The summed E-state index contributed by atoms with van der Waals surface area (Å²) >= 11 is 0. The maximum Gasteiger partial charge on any atom is 0.333 e. The van der Waals surface area contributed by atoms with Crippen molar-refractivity contribution >= 4 is 11.8 Å². The van der Waals surface area contributed by atoms with E-state index in [0.717, 1.165) is 0 Å². The highest BCUT2D eigenvalue weighted by Gasteiger charge is 2.37. The van der Waals surface area contributed by atoms with E-state index in [0.29, 0.717) is 18.6 Å². The van der Waals surface area contributed by atoms with Crippen molar-refractivity contribution in [2.45, 2.75) is 73.0 Å². The Balaban J connectivity index is 4.51. The first kappa shape index (κ1) is 19.8. The molecule has 4 nitrogen and oxygen atoms in total. The molecule has 0 aromatic heterocycles. The third kappa shape index (κ3) is 6.89. The molecule has 0 bridgehead atoms. The Kier molecular flexibility index (Phi) is 6.36. The van der Waals surface area contributed by atoms with Gasteiger partial charge in [-0.15, -0.1) is 0 Å². The third-order valence-corrected chi connectivity index (χ3v) is 3.11. The highest BCUT2D eigenvalue weighted by molar-refractivity contribution is 5.91. The Hall–Kier alpha value is -1.16. The van der Waals surface area contributed by atoms with Crippen LogP contribution in [0.15, 0.2) is 12.2 Å². The molecule has 0 atom stereocenters. The number of carbonyl (C=O) groups is 2. The van der Waals surface area contributed by atoms with Gasteiger partial charge in [0.2, 0.25) is 0 Å². The molecule has 0 rings (SSSR count). The van der Waals surface area contributed by atoms with E-state index in [9.17, 15) is 9.59 Å². The predicted octanol–water partition coefficient (Wildman–Crippen LogP) is 3.68. The van der Waals surface area contributed by atoms with Crippen molar-refractivity contribution in [3.05, 3.63) is 12.2 Å². The number of ketones is 1. The van der Waals surface area contributed by atoms with E-state index in [1.54, 1.807) is 20.8 Å². The van der Waals surface area contributed by atoms with Crippen molar-refractivity contribution in [3.63, 3.8) is 0 Å². The molecule has 0 aromatic rings. The van der Waals surface area contributed by atoms with Gasteiger partial charge in [-0.2, -0.15) is 0 Å². The van der Waals surface area contributed by atoms with Gasteiger partial charge < -0.3 is 9.47 Å². The average Bonchev–Trinajstić information content (AvgIpc) is 2.25. The van der Waals surface area contributed by atoms with Gasteiger partial charge in [-0.25, -0.2) is 4.79 Å². The minimum absolute atomic E-state index is 0.0479. The van der Waals surface area contributed by atoms with Crippen LogP contribution < -0.4 is 0 Å². The van der Waals surface area contributed by atoms with E-state index < -0.39 is 22.6 Å². The van der Waals surface area contributed by atoms with Crippen LogP contribution in [0.2, 0.25) is 0 Å². The summed E-state index contributed by atoms with van der Waals surface area (Å²) < 4.78 is 11.1. The largest absolute Gasteiger partial charge is 0.456 e. The summed E-state index contributed by atoms with van der Waals surface area (Å²) in [5.74, 6) is -0.364. The third-order valence-electron chi connectivity index (χ3n) is 3.11. The number of hydrogen-bond donors (Lipinski definition) is 0. The fourth-order valence-corrected chi connectivity index (χ4v) is 1.91. The van der Waals surface area contributed by atoms with E-state index in [1.807, 2.05) is 34.6 Å². The molecule has 4 heteroatoms. The molecule has 0 saturated carbocycles. The van der Waals surface area contributed by atoms with Crippen LogP contribution in [0.25, 0.3) is 0 Å². The van der Waals surface area contributed by atoms with E-state index in [-0.39, 0.29) is 5.78 Å². The molecule has 0 heterocycles. The van der Waals surface area contributed by atoms with Gasteiger partial charge in [-0.05, 0) is 34.6 Å². The monoisotopic (exact) mass is 298 g/mol. The average molecular weight is 298 g/mol. The topological polar surface area (TPSA) is 52.6 Å². The number of esters is 1. The Morgan fingerprint density at radius 2 is 1.48 bits per heavy atom. The molecule has 0 amide bonds. The molecule has 21 heavy (non-hydrogen) atoms. The summed E-state index contributed by atoms with van der Waals surface area (Å²) in [5, 5.41) is 0. The lowest BCUT2D eigenvalue weighted by Gasteiger charge is -2.32. The first-order valence-corrected chi connectivity index (χ1v) is 7.27. The SMILES string of the molecule is C=C(C)C(=O)OC(C)(C)CCOC(C)(C)C(=O)C(C)(C)C. The van der Waals surface area contributed by atoms with Crippen LogP contribution in [0.4, 0.5) is 0 Å². The summed E-state index contributed by atoms with van der Waals surface area (Å²) in [5.41, 5.74) is -1.60. The number of Topliss-reactive ketones (excluding diaryl/α,β-unsaturated/α-hetero) is 1. The maximum absolute atomic E-state index is 12.3. The van der Waals surface area contributed by atoms with Crippen LogP contribution in [-0.4, -0.2) is 29.6 Å². The summed E-state index contributed by atoms with van der Waals surface area (Å²) in [4.78, 5) is 23.8. The predicted molar refractivity (Wildman–Crippen MR) is 84.1 cm³/mol. The normalized spacial score (nSPS) is 13.0. The van der Waals surface area contributed by atoms with Crippen molar-refractivity contribution in [2.75, 3.05) is 6.61 Å². The van der Waals surface area contributed by atoms with Crippen LogP contribution >= 0.6 is 0 Å². The molecule has 0 N–H and O–H groups in total. The molecule has 0 aliphatic carbocycles. The van der Waals surface area contributed by atoms with Gasteiger partial charge in [-0.3, -0.25) is 4.79 Å². The molecular weight excluding hydrogens is 268 g/mol. The van der Waals surface area contributed by atoms with Crippen LogP contribution in [0.3, 0.4) is 0 Å². The molecule has 0 fully saturated rings. The van der Waals surface area contributed by atoms with Crippen molar-refractivity contribution in [3.8, 4) is 0 Å². The molecular formula is C17H30O4. The van der Waals surface area contributed by atoms with Gasteiger partial charge in [0.05, 0.1) is 6.61 Å². The van der Waals surface area contributed by atoms with Crippen molar-refractivity contribution in [2.24, 2.45) is 5.41 Å². The molecule has 0 radical (unpaired) electrons. The number of ether oxygens (including phenoxy) is 2. The van der Waals surface area contributed by atoms with Crippen LogP contribution in [-0.2, 0) is 19.1 Å². The van der Waals surface area contributed by atoms with Gasteiger partial charge in [-0.1, -0.05) is 27.4 Å². The maximum atomic E-state index is 12.3. The quantitative estimate of drug-likeness (QED) is 0.531. The first-order valence-electron chi connectivity index (χ1n) is 7.27. The van der Waals surface area contributed by atoms with Gasteiger partial charge in [0.15, 0.2) is 5.78 Å². The molecule has 122 valence electrons. The summed E-state index contributed by atoms with van der Waals surface area (Å²) in [6.07, 6.45) is 0.507. The zero-order valence-corrected chi connectivity index (χ0v) is 14.8. The first-order chi connectivity index (χ1) is 9.19. The van der Waals surface area contributed by atoms with Gasteiger partial charge in [0.25, 0.3) is 0 Å². The van der Waals surface area contributed by atoms with Gasteiger partial charge in [0.1, 0.15) is 11.2 Å². The standard InChI is InChI=1S/C17H30O4/c1-12(2)13(18)21-16(6,7)10-11-20-17(8,9)14(19)15(3,4)5/h1,10-11H2,2-9H3. The van der Waals surface area contributed by atoms with Gasteiger partial charge in [0, 0.05) is 17.4 Å². The number of hydrogen-bond acceptors (Lipinski definition) is 4. The van der Waals surface area contributed by atoms with Crippen LogP contribution in [0.5, 0.6) is 0 Å². The highest BCUT2D eigenvalue weighted by Crippen LogP contribution is 2.26. The minimum Gasteiger partial charge on any atom is -0.456 e. The zero-order valence-electron chi connectivity index (χ0n) is 14.8. The molecule has 0 saturated heterocycles. The molecule has 0 unspecified atom stereocenters. The van der Waals surface area contributed by atoms with E-state index in [1.165, 1.54) is 0 Å². The molecule has 0 aliphatic rings. The minimum atomic E-state index is -0.854. The Morgan fingerprint density at radius 3 is 1.86 bits per heavy atom. The van der Waals surface area contributed by atoms with E-state index in [4.69, 9.17) is 9.47 Å². The second kappa shape index (κ2) is 6.73.